The number of Topliss-reactive ketones (excluding diaryl/α,β-unsaturated/α-hetero) is 1. The maximum atomic E-state index is 11.6. The van der Waals surface area contributed by atoms with Crippen molar-refractivity contribution < 1.29 is 23.9 Å². The maximum absolute atomic E-state index is 11.6. The second-order valence-electron chi connectivity index (χ2n) is 4.82. The summed E-state index contributed by atoms with van der Waals surface area (Å²) >= 11 is 0. The molecule has 0 saturated carbocycles. The SMILES string of the molecule is C=C(C)C(=O)OCCCC(=O)CCCN1C(=O)C=CC1=O. The number of nitrogens with zero attached hydrogens (tertiary/aromatic N) is 1. The number of esters is 1. The van der Waals surface area contributed by atoms with Crippen molar-refractivity contribution in [2.75, 3.05) is 13.2 Å². The van der Waals surface area contributed by atoms with Crippen molar-refractivity contribution in [2.24, 2.45) is 0 Å². The molecule has 0 saturated heterocycles. The van der Waals surface area contributed by atoms with Crippen molar-refractivity contribution in [3.8, 4) is 0 Å². The third-order valence-corrected chi connectivity index (χ3v) is 2.92. The van der Waals surface area contributed by atoms with Crippen LogP contribution in [0.15, 0.2) is 24.3 Å². The minimum Gasteiger partial charge on any atom is -0.462 e. The second kappa shape index (κ2) is 8.14. The molecule has 0 aliphatic carbocycles. The van der Waals surface area contributed by atoms with E-state index in [1.807, 2.05) is 0 Å². The van der Waals surface area contributed by atoms with Crippen LogP contribution in [0.4, 0.5) is 0 Å². The minimum absolute atomic E-state index is 0.0217. The first-order valence-corrected chi connectivity index (χ1v) is 6.79. The van der Waals surface area contributed by atoms with E-state index in [1.165, 1.54) is 12.2 Å². The number of rotatable bonds is 9. The van der Waals surface area contributed by atoms with Crippen LogP contribution in [-0.2, 0) is 23.9 Å². The van der Waals surface area contributed by atoms with Crippen molar-refractivity contribution >= 4 is 23.6 Å². The average molecular weight is 293 g/mol. The molecule has 1 heterocycles. The molecule has 1 aliphatic rings. The average Bonchev–Trinajstić information content (AvgIpc) is 2.74. The molecule has 0 aromatic heterocycles. The van der Waals surface area contributed by atoms with Crippen molar-refractivity contribution in [3.05, 3.63) is 24.3 Å². The Balaban J connectivity index is 2.09. The molecule has 21 heavy (non-hydrogen) atoms. The molecule has 1 aliphatic heterocycles. The third kappa shape index (κ3) is 5.72. The number of ketones is 1. The summed E-state index contributed by atoms with van der Waals surface area (Å²) in [5, 5.41) is 0. The van der Waals surface area contributed by atoms with E-state index in [0.717, 1.165) is 4.90 Å². The molecule has 0 radical (unpaired) electrons. The summed E-state index contributed by atoms with van der Waals surface area (Å²) < 4.78 is 4.87. The molecule has 114 valence electrons. The summed E-state index contributed by atoms with van der Waals surface area (Å²) in [6.45, 7) is 5.45. The first kappa shape index (κ1) is 16.8. The van der Waals surface area contributed by atoms with Gasteiger partial charge in [-0.25, -0.2) is 4.79 Å². The fourth-order valence-electron chi connectivity index (χ4n) is 1.77. The lowest BCUT2D eigenvalue weighted by Crippen LogP contribution is -2.31. The van der Waals surface area contributed by atoms with Gasteiger partial charge in [0, 0.05) is 37.1 Å². The minimum atomic E-state index is -0.457. The number of hydrogen-bond donors (Lipinski definition) is 0. The van der Waals surface area contributed by atoms with E-state index in [9.17, 15) is 19.2 Å². The number of carbonyl (C=O) groups excluding carboxylic acids is 4. The molecule has 0 fully saturated rings. The van der Waals surface area contributed by atoms with Gasteiger partial charge in [0.1, 0.15) is 5.78 Å². The lowest BCUT2D eigenvalue weighted by atomic mass is 10.1. The highest BCUT2D eigenvalue weighted by Gasteiger charge is 2.22. The van der Waals surface area contributed by atoms with Crippen LogP contribution in [0.2, 0.25) is 0 Å². The monoisotopic (exact) mass is 293 g/mol. The number of hydrogen-bond acceptors (Lipinski definition) is 5. The van der Waals surface area contributed by atoms with E-state index < -0.39 is 5.97 Å². The highest BCUT2D eigenvalue weighted by atomic mass is 16.5. The van der Waals surface area contributed by atoms with Gasteiger partial charge >= 0.3 is 5.97 Å². The number of amides is 2. The number of imide groups is 1. The molecule has 6 nitrogen and oxygen atoms in total. The Morgan fingerprint density at radius 2 is 1.71 bits per heavy atom. The Bertz CT molecular complexity index is 474. The Labute approximate surface area is 123 Å². The van der Waals surface area contributed by atoms with Crippen LogP contribution < -0.4 is 0 Å². The van der Waals surface area contributed by atoms with Crippen LogP contribution in [0.1, 0.15) is 32.6 Å². The van der Waals surface area contributed by atoms with Crippen LogP contribution in [0.3, 0.4) is 0 Å². The van der Waals surface area contributed by atoms with E-state index in [0.29, 0.717) is 31.3 Å². The summed E-state index contributed by atoms with van der Waals surface area (Å²) in [4.78, 5) is 46.3. The van der Waals surface area contributed by atoms with Gasteiger partial charge in [0.05, 0.1) is 6.61 Å². The molecular formula is C15H19NO5. The largest absolute Gasteiger partial charge is 0.462 e. The molecule has 0 N–H and O–H groups in total. The fraction of sp³-hybridized carbons (Fsp3) is 0.467. The van der Waals surface area contributed by atoms with Crippen molar-refractivity contribution in [3.63, 3.8) is 0 Å². The van der Waals surface area contributed by atoms with Gasteiger partial charge in [0.25, 0.3) is 11.8 Å². The van der Waals surface area contributed by atoms with E-state index in [1.54, 1.807) is 6.92 Å². The standard InChI is InChI=1S/C15H19NO5/c1-11(2)15(20)21-10-4-6-12(17)5-3-9-16-13(18)7-8-14(16)19/h7-8H,1,3-6,9-10H2,2H3. The number of carbonyl (C=O) groups is 4. The van der Waals surface area contributed by atoms with E-state index in [4.69, 9.17) is 4.74 Å². The highest BCUT2D eigenvalue weighted by Crippen LogP contribution is 2.07. The van der Waals surface area contributed by atoms with Gasteiger partial charge in [-0.3, -0.25) is 19.3 Å². The smallest absolute Gasteiger partial charge is 0.333 e. The van der Waals surface area contributed by atoms with Gasteiger partial charge in [-0.15, -0.1) is 0 Å². The molecule has 0 spiro atoms. The summed E-state index contributed by atoms with van der Waals surface area (Å²) in [7, 11) is 0. The van der Waals surface area contributed by atoms with E-state index >= 15 is 0 Å². The van der Waals surface area contributed by atoms with Gasteiger partial charge in [-0.05, 0) is 19.8 Å². The highest BCUT2D eigenvalue weighted by molar-refractivity contribution is 6.12. The molecule has 1 rings (SSSR count). The van der Waals surface area contributed by atoms with E-state index in [2.05, 4.69) is 6.58 Å². The Morgan fingerprint density at radius 3 is 2.29 bits per heavy atom. The lowest BCUT2D eigenvalue weighted by Gasteiger charge is -2.12. The second-order valence-corrected chi connectivity index (χ2v) is 4.82. The van der Waals surface area contributed by atoms with Crippen LogP contribution in [0.5, 0.6) is 0 Å². The van der Waals surface area contributed by atoms with Crippen LogP contribution in [0.25, 0.3) is 0 Å². The van der Waals surface area contributed by atoms with Gasteiger partial charge in [-0.1, -0.05) is 6.58 Å². The molecule has 0 atom stereocenters. The van der Waals surface area contributed by atoms with E-state index in [-0.39, 0.29) is 30.7 Å². The summed E-state index contributed by atoms with van der Waals surface area (Å²) in [6, 6.07) is 0. The lowest BCUT2D eigenvalue weighted by molar-refractivity contribution is -0.139. The molecular weight excluding hydrogens is 274 g/mol. The van der Waals surface area contributed by atoms with Crippen LogP contribution in [-0.4, -0.2) is 41.6 Å². The summed E-state index contributed by atoms with van der Waals surface area (Å²) in [5.41, 5.74) is 0.329. The van der Waals surface area contributed by atoms with Gasteiger partial charge in [0.2, 0.25) is 0 Å². The Hall–Kier alpha value is -2.24. The molecule has 0 unspecified atom stereocenters. The zero-order valence-electron chi connectivity index (χ0n) is 12.1. The normalized spacial score (nSPS) is 13.7. The number of ether oxygens (including phenoxy) is 1. The predicted molar refractivity (Wildman–Crippen MR) is 75.1 cm³/mol. The van der Waals surface area contributed by atoms with Gasteiger partial charge < -0.3 is 4.74 Å². The zero-order valence-corrected chi connectivity index (χ0v) is 12.1. The topological polar surface area (TPSA) is 80.8 Å². The van der Waals surface area contributed by atoms with Crippen LogP contribution in [0, 0.1) is 0 Å². The first-order valence-electron chi connectivity index (χ1n) is 6.79. The van der Waals surface area contributed by atoms with Crippen molar-refractivity contribution in [1.82, 2.24) is 4.90 Å². The van der Waals surface area contributed by atoms with Crippen molar-refractivity contribution in [2.45, 2.75) is 32.6 Å². The summed E-state index contributed by atoms with van der Waals surface area (Å²) in [6.07, 6.45) is 3.96. The molecule has 0 bridgehead atoms. The fourth-order valence-corrected chi connectivity index (χ4v) is 1.77. The predicted octanol–water partition coefficient (Wildman–Crippen LogP) is 1.16. The van der Waals surface area contributed by atoms with Gasteiger partial charge in [0.15, 0.2) is 0 Å². The molecule has 0 aromatic carbocycles. The Morgan fingerprint density at radius 1 is 1.14 bits per heavy atom. The molecule has 6 heteroatoms. The molecule has 0 aromatic rings. The third-order valence-electron chi connectivity index (χ3n) is 2.92. The maximum Gasteiger partial charge on any atom is 0.333 e. The first-order chi connectivity index (χ1) is 9.91. The molecule has 2 amide bonds. The Kier molecular flexibility index (Phi) is 6.52. The van der Waals surface area contributed by atoms with Gasteiger partial charge in [-0.2, -0.15) is 0 Å². The quantitative estimate of drug-likeness (QED) is 0.276. The van der Waals surface area contributed by atoms with Crippen LogP contribution >= 0.6 is 0 Å². The van der Waals surface area contributed by atoms with Crippen molar-refractivity contribution in [1.29, 1.82) is 0 Å². The summed E-state index contributed by atoms with van der Waals surface area (Å²) in [5.74, 6) is -1.10. The zero-order chi connectivity index (χ0) is 15.8.